The molecule has 0 aromatic heterocycles. The number of esters is 1. The third-order valence-electron chi connectivity index (χ3n) is 4.92. The van der Waals surface area contributed by atoms with E-state index in [4.69, 9.17) is 4.74 Å². The van der Waals surface area contributed by atoms with E-state index in [0.29, 0.717) is 6.54 Å². The second kappa shape index (κ2) is 8.84. The summed E-state index contributed by atoms with van der Waals surface area (Å²) in [6.07, 6.45) is 2.99. The zero-order valence-electron chi connectivity index (χ0n) is 16.3. The molecule has 1 heterocycles. The number of carbonyl (C=O) groups excluding carboxylic acids is 2. The van der Waals surface area contributed by atoms with Crippen LogP contribution >= 0.6 is 0 Å². The van der Waals surface area contributed by atoms with E-state index in [1.54, 1.807) is 18.7 Å². The summed E-state index contributed by atoms with van der Waals surface area (Å²) in [6, 6.07) is 5.62. The zero-order chi connectivity index (χ0) is 20.2. The molecule has 0 unspecified atom stereocenters. The van der Waals surface area contributed by atoms with Crippen molar-refractivity contribution in [2.75, 3.05) is 20.2 Å². The molecule has 1 atom stereocenters. The summed E-state index contributed by atoms with van der Waals surface area (Å²) in [5, 5.41) is 0. The highest BCUT2D eigenvalue weighted by Crippen LogP contribution is 2.19. The number of hydrogen-bond acceptors (Lipinski definition) is 5. The molecule has 8 heteroatoms. The number of rotatable bonds is 6. The Kier molecular flexibility index (Phi) is 7.00. The van der Waals surface area contributed by atoms with Crippen LogP contribution in [-0.4, -0.2) is 61.8 Å². The first-order valence-corrected chi connectivity index (χ1v) is 10.6. The molecule has 2 rings (SSSR count). The van der Waals surface area contributed by atoms with Gasteiger partial charge in [0.05, 0.1) is 10.5 Å². The van der Waals surface area contributed by atoms with Crippen LogP contribution in [0.25, 0.3) is 0 Å². The molecule has 1 amide bonds. The number of piperidine rings is 1. The number of nitrogens with zero attached hydrogens (tertiary/aromatic N) is 2. The van der Waals surface area contributed by atoms with Crippen LogP contribution in [0.1, 0.15) is 50.4 Å². The van der Waals surface area contributed by atoms with Crippen molar-refractivity contribution in [3.63, 3.8) is 0 Å². The van der Waals surface area contributed by atoms with Crippen LogP contribution in [-0.2, 0) is 19.6 Å². The van der Waals surface area contributed by atoms with Crippen LogP contribution in [0.2, 0.25) is 0 Å². The smallest absolute Gasteiger partial charge is 0.338 e. The van der Waals surface area contributed by atoms with Crippen molar-refractivity contribution in [3.05, 3.63) is 29.8 Å². The van der Waals surface area contributed by atoms with Crippen molar-refractivity contribution in [1.29, 1.82) is 0 Å². The van der Waals surface area contributed by atoms with Crippen LogP contribution in [0.4, 0.5) is 0 Å². The number of carbonyl (C=O) groups is 2. The van der Waals surface area contributed by atoms with Gasteiger partial charge < -0.3 is 9.64 Å². The molecule has 1 aliphatic heterocycles. The van der Waals surface area contributed by atoms with Gasteiger partial charge in [-0.2, -0.15) is 4.31 Å². The topological polar surface area (TPSA) is 84.0 Å². The summed E-state index contributed by atoms with van der Waals surface area (Å²) in [5.74, 6) is -0.934. The standard InChI is InChI=1S/C19H28N2O5S/c1-14(2)20(4)27(24,25)17-10-7-9-16(12-17)19(23)26-13-18(22)21-11-6-5-8-15(21)3/h7,9-10,12,14-15H,5-6,8,11,13H2,1-4H3/t15-/m1/s1. The van der Waals surface area contributed by atoms with Gasteiger partial charge in [0.15, 0.2) is 6.61 Å². The monoisotopic (exact) mass is 396 g/mol. The number of likely N-dealkylation sites (tertiary alicyclic amines) is 1. The molecule has 0 saturated carbocycles. The van der Waals surface area contributed by atoms with E-state index < -0.39 is 16.0 Å². The lowest BCUT2D eigenvalue weighted by molar-refractivity contribution is -0.137. The zero-order valence-corrected chi connectivity index (χ0v) is 17.2. The van der Waals surface area contributed by atoms with E-state index in [-0.39, 0.29) is 35.1 Å². The van der Waals surface area contributed by atoms with Crippen molar-refractivity contribution in [3.8, 4) is 0 Å². The predicted molar refractivity (Wildman–Crippen MR) is 102 cm³/mol. The Morgan fingerprint density at radius 3 is 2.63 bits per heavy atom. The molecule has 27 heavy (non-hydrogen) atoms. The van der Waals surface area contributed by atoms with Gasteiger partial charge in [0.1, 0.15) is 0 Å². The summed E-state index contributed by atoms with van der Waals surface area (Å²) < 4.78 is 31.5. The second-order valence-corrected chi connectivity index (χ2v) is 9.15. The molecule has 0 aliphatic carbocycles. The average molecular weight is 397 g/mol. The molecular formula is C19H28N2O5S. The van der Waals surface area contributed by atoms with Gasteiger partial charge in [-0.3, -0.25) is 4.79 Å². The Bertz CT molecular complexity index is 791. The Balaban J connectivity index is 2.06. The summed E-state index contributed by atoms with van der Waals surface area (Å²) in [6.45, 7) is 5.85. The van der Waals surface area contributed by atoms with Crippen molar-refractivity contribution in [2.45, 2.75) is 57.0 Å². The van der Waals surface area contributed by atoms with Gasteiger partial charge in [0.25, 0.3) is 5.91 Å². The van der Waals surface area contributed by atoms with Gasteiger partial charge in [0, 0.05) is 25.7 Å². The van der Waals surface area contributed by atoms with Crippen LogP contribution in [0.5, 0.6) is 0 Å². The summed E-state index contributed by atoms with van der Waals surface area (Å²) in [4.78, 5) is 26.3. The predicted octanol–water partition coefficient (Wildman–Crippen LogP) is 2.27. The molecular weight excluding hydrogens is 368 g/mol. The fourth-order valence-corrected chi connectivity index (χ4v) is 4.40. The van der Waals surface area contributed by atoms with Crippen molar-refractivity contribution < 1.29 is 22.7 Å². The van der Waals surface area contributed by atoms with Gasteiger partial charge in [0.2, 0.25) is 10.0 Å². The van der Waals surface area contributed by atoms with Crippen LogP contribution in [0.15, 0.2) is 29.2 Å². The molecule has 1 fully saturated rings. The van der Waals surface area contributed by atoms with Crippen molar-refractivity contribution >= 4 is 21.9 Å². The molecule has 0 radical (unpaired) electrons. The average Bonchev–Trinajstić information content (AvgIpc) is 2.65. The lowest BCUT2D eigenvalue weighted by atomic mass is 10.0. The Labute approximate surface area is 161 Å². The molecule has 0 spiro atoms. The largest absolute Gasteiger partial charge is 0.452 e. The first kappa shape index (κ1) is 21.4. The fraction of sp³-hybridized carbons (Fsp3) is 0.579. The number of hydrogen-bond donors (Lipinski definition) is 0. The molecule has 1 aliphatic rings. The Morgan fingerprint density at radius 2 is 2.00 bits per heavy atom. The van der Waals surface area contributed by atoms with Crippen LogP contribution in [0, 0.1) is 0 Å². The van der Waals surface area contributed by atoms with E-state index in [1.807, 2.05) is 6.92 Å². The molecule has 1 saturated heterocycles. The van der Waals surface area contributed by atoms with Gasteiger partial charge >= 0.3 is 5.97 Å². The number of benzene rings is 1. The molecule has 0 bridgehead atoms. The number of ether oxygens (including phenoxy) is 1. The highest BCUT2D eigenvalue weighted by atomic mass is 32.2. The summed E-state index contributed by atoms with van der Waals surface area (Å²) in [5.41, 5.74) is 0.104. The highest BCUT2D eigenvalue weighted by molar-refractivity contribution is 7.89. The minimum atomic E-state index is -3.70. The first-order valence-electron chi connectivity index (χ1n) is 9.19. The third-order valence-corrected chi connectivity index (χ3v) is 6.95. The van der Waals surface area contributed by atoms with Gasteiger partial charge in [-0.25, -0.2) is 13.2 Å². The van der Waals surface area contributed by atoms with Gasteiger partial charge in [-0.15, -0.1) is 0 Å². The molecule has 150 valence electrons. The fourth-order valence-electron chi connectivity index (χ4n) is 2.99. The Hall–Kier alpha value is -1.93. The summed E-state index contributed by atoms with van der Waals surface area (Å²) in [7, 11) is -2.21. The quantitative estimate of drug-likeness (QED) is 0.689. The minimum absolute atomic E-state index is 0.0177. The number of amides is 1. The lowest BCUT2D eigenvalue weighted by Crippen LogP contribution is -2.44. The highest BCUT2D eigenvalue weighted by Gasteiger charge is 2.26. The normalized spacial score (nSPS) is 18.0. The SMILES string of the molecule is CC(C)N(C)S(=O)(=O)c1cccc(C(=O)OCC(=O)N2CCCC[C@H]2C)c1. The van der Waals surface area contributed by atoms with Crippen LogP contribution < -0.4 is 0 Å². The van der Waals surface area contributed by atoms with E-state index in [9.17, 15) is 18.0 Å². The third kappa shape index (κ3) is 5.07. The molecule has 1 aromatic rings. The minimum Gasteiger partial charge on any atom is -0.452 e. The van der Waals surface area contributed by atoms with E-state index in [1.165, 1.54) is 35.6 Å². The first-order chi connectivity index (χ1) is 12.6. The maximum absolute atomic E-state index is 12.6. The molecule has 0 N–H and O–H groups in total. The second-order valence-electron chi connectivity index (χ2n) is 7.15. The maximum atomic E-state index is 12.6. The van der Waals surface area contributed by atoms with Gasteiger partial charge in [-0.1, -0.05) is 6.07 Å². The summed E-state index contributed by atoms with van der Waals surface area (Å²) >= 11 is 0. The molecule has 1 aromatic carbocycles. The lowest BCUT2D eigenvalue weighted by Gasteiger charge is -2.33. The van der Waals surface area contributed by atoms with Gasteiger partial charge in [-0.05, 0) is 58.2 Å². The van der Waals surface area contributed by atoms with Crippen LogP contribution in [0.3, 0.4) is 0 Å². The van der Waals surface area contributed by atoms with Crippen molar-refractivity contribution in [1.82, 2.24) is 9.21 Å². The molecule has 7 nitrogen and oxygen atoms in total. The number of sulfonamides is 1. The van der Waals surface area contributed by atoms with E-state index in [0.717, 1.165) is 19.3 Å². The van der Waals surface area contributed by atoms with E-state index in [2.05, 4.69) is 0 Å². The van der Waals surface area contributed by atoms with E-state index >= 15 is 0 Å². The van der Waals surface area contributed by atoms with Crippen molar-refractivity contribution in [2.24, 2.45) is 0 Å². The maximum Gasteiger partial charge on any atom is 0.338 e. The Morgan fingerprint density at radius 1 is 1.30 bits per heavy atom.